The zero-order valence-electron chi connectivity index (χ0n) is 7.63. The van der Waals surface area contributed by atoms with Gasteiger partial charge in [-0.15, -0.1) is 0 Å². The van der Waals surface area contributed by atoms with E-state index in [0.29, 0.717) is 6.42 Å². The van der Waals surface area contributed by atoms with Gasteiger partial charge in [-0.1, -0.05) is 6.92 Å². The van der Waals surface area contributed by atoms with E-state index in [9.17, 15) is 4.79 Å². The molecule has 0 aromatic carbocycles. The van der Waals surface area contributed by atoms with Crippen LogP contribution in [0.4, 0.5) is 0 Å². The molecule has 2 unspecified atom stereocenters. The highest BCUT2D eigenvalue weighted by Crippen LogP contribution is 1.92. The summed E-state index contributed by atoms with van der Waals surface area (Å²) in [5.74, 6) is -0.245. The lowest BCUT2D eigenvalue weighted by atomic mass is 10.2. The summed E-state index contributed by atoms with van der Waals surface area (Å²) in [4.78, 5) is 11.1. The van der Waals surface area contributed by atoms with Gasteiger partial charge < -0.3 is 10.1 Å². The minimum absolute atomic E-state index is 0.245. The quantitative estimate of drug-likeness (QED) is 0.666. The summed E-state index contributed by atoms with van der Waals surface area (Å²) in [6.45, 7) is 3.48. The lowest BCUT2D eigenvalue weighted by Gasteiger charge is -2.12. The van der Waals surface area contributed by atoms with Crippen molar-refractivity contribution in [2.75, 3.05) is 7.11 Å². The predicted octanol–water partition coefficient (Wildman–Crippen LogP) is 0.440. The van der Waals surface area contributed by atoms with Gasteiger partial charge in [0.05, 0.1) is 6.07 Å². The van der Waals surface area contributed by atoms with Gasteiger partial charge >= 0.3 is 0 Å². The Morgan fingerprint density at radius 1 is 1.75 bits per heavy atom. The van der Waals surface area contributed by atoms with Crippen molar-refractivity contribution in [3.05, 3.63) is 0 Å². The van der Waals surface area contributed by atoms with Crippen LogP contribution < -0.4 is 5.32 Å². The predicted molar refractivity (Wildman–Crippen MR) is 44.3 cm³/mol. The Labute approximate surface area is 72.5 Å². The molecule has 0 bridgehead atoms. The molecule has 2 atom stereocenters. The summed E-state index contributed by atoms with van der Waals surface area (Å²) in [6, 6.07) is 1.57. The van der Waals surface area contributed by atoms with Crippen molar-refractivity contribution in [1.82, 2.24) is 5.32 Å². The van der Waals surface area contributed by atoms with Gasteiger partial charge in [-0.3, -0.25) is 4.79 Å². The van der Waals surface area contributed by atoms with E-state index in [1.165, 1.54) is 7.11 Å². The first-order chi connectivity index (χ1) is 5.65. The lowest BCUT2D eigenvalue weighted by molar-refractivity contribution is -0.130. The summed E-state index contributed by atoms with van der Waals surface area (Å²) in [5.41, 5.74) is 0. The van der Waals surface area contributed by atoms with Crippen molar-refractivity contribution in [3.8, 4) is 6.07 Å². The molecule has 1 N–H and O–H groups in total. The molecule has 0 spiro atoms. The SMILES string of the molecule is CCC(C#N)NC(=O)C(C)OC. The molecule has 0 aliphatic carbocycles. The van der Waals surface area contributed by atoms with Gasteiger partial charge in [-0.25, -0.2) is 0 Å². The number of methoxy groups -OCH3 is 1. The first-order valence-electron chi connectivity index (χ1n) is 3.88. The number of hydrogen-bond acceptors (Lipinski definition) is 3. The van der Waals surface area contributed by atoms with Gasteiger partial charge in [0.1, 0.15) is 12.1 Å². The van der Waals surface area contributed by atoms with E-state index in [0.717, 1.165) is 0 Å². The average Bonchev–Trinajstić information content (AvgIpc) is 2.12. The number of nitrogens with one attached hydrogen (secondary N) is 1. The Morgan fingerprint density at radius 2 is 2.33 bits per heavy atom. The number of carbonyl (C=O) groups excluding carboxylic acids is 1. The second-order valence-corrected chi connectivity index (χ2v) is 2.48. The first-order valence-corrected chi connectivity index (χ1v) is 3.88. The van der Waals surface area contributed by atoms with Crippen LogP contribution in [0.5, 0.6) is 0 Å². The maximum Gasteiger partial charge on any atom is 0.249 e. The van der Waals surface area contributed by atoms with E-state index in [2.05, 4.69) is 5.32 Å². The second kappa shape index (κ2) is 5.56. The van der Waals surface area contributed by atoms with Gasteiger partial charge in [-0.05, 0) is 13.3 Å². The van der Waals surface area contributed by atoms with E-state index in [-0.39, 0.29) is 5.91 Å². The van der Waals surface area contributed by atoms with E-state index in [1.807, 2.05) is 13.0 Å². The van der Waals surface area contributed by atoms with Crippen LogP contribution in [0.15, 0.2) is 0 Å². The van der Waals surface area contributed by atoms with Crippen LogP contribution >= 0.6 is 0 Å². The number of nitrogens with zero attached hydrogens (tertiary/aromatic N) is 1. The average molecular weight is 170 g/mol. The van der Waals surface area contributed by atoms with E-state index in [4.69, 9.17) is 10.00 Å². The highest BCUT2D eigenvalue weighted by atomic mass is 16.5. The molecule has 0 aliphatic heterocycles. The Kier molecular flexibility index (Phi) is 5.06. The Morgan fingerprint density at radius 3 is 2.67 bits per heavy atom. The third-order valence-corrected chi connectivity index (χ3v) is 1.60. The molecule has 0 saturated carbocycles. The topological polar surface area (TPSA) is 62.1 Å². The van der Waals surface area contributed by atoms with Gasteiger partial charge in [-0.2, -0.15) is 5.26 Å². The summed E-state index contributed by atoms with van der Waals surface area (Å²) in [6.07, 6.45) is 0.117. The van der Waals surface area contributed by atoms with Gasteiger partial charge in [0.25, 0.3) is 0 Å². The monoisotopic (exact) mass is 170 g/mol. The van der Waals surface area contributed by atoms with Gasteiger partial charge in [0.2, 0.25) is 5.91 Å². The Balaban J connectivity index is 3.92. The van der Waals surface area contributed by atoms with Crippen molar-refractivity contribution in [3.63, 3.8) is 0 Å². The van der Waals surface area contributed by atoms with Crippen molar-refractivity contribution >= 4 is 5.91 Å². The molecule has 0 aromatic heterocycles. The zero-order chi connectivity index (χ0) is 9.56. The molecule has 0 heterocycles. The number of carbonyl (C=O) groups is 1. The van der Waals surface area contributed by atoms with Crippen LogP contribution in [-0.4, -0.2) is 25.2 Å². The fraction of sp³-hybridized carbons (Fsp3) is 0.750. The first kappa shape index (κ1) is 10.9. The zero-order valence-corrected chi connectivity index (χ0v) is 7.63. The fourth-order valence-electron chi connectivity index (χ4n) is 0.622. The van der Waals surface area contributed by atoms with Crippen LogP contribution in [0.1, 0.15) is 20.3 Å². The minimum atomic E-state index is -0.493. The number of hydrogen-bond donors (Lipinski definition) is 1. The normalized spacial score (nSPS) is 14.5. The third kappa shape index (κ3) is 3.35. The number of rotatable bonds is 4. The van der Waals surface area contributed by atoms with Crippen LogP contribution in [0.3, 0.4) is 0 Å². The summed E-state index contributed by atoms with van der Waals surface area (Å²) in [7, 11) is 1.46. The molecule has 1 amide bonds. The smallest absolute Gasteiger partial charge is 0.249 e. The molecule has 4 heteroatoms. The van der Waals surface area contributed by atoms with Crippen molar-refractivity contribution in [2.24, 2.45) is 0 Å². The molecule has 68 valence electrons. The molecule has 12 heavy (non-hydrogen) atoms. The maximum atomic E-state index is 11.1. The van der Waals surface area contributed by atoms with Gasteiger partial charge in [0.15, 0.2) is 0 Å². The molecule has 0 aromatic rings. The third-order valence-electron chi connectivity index (χ3n) is 1.60. The molecule has 0 saturated heterocycles. The van der Waals surface area contributed by atoms with Crippen molar-refractivity contribution < 1.29 is 9.53 Å². The molecule has 0 fully saturated rings. The maximum absolute atomic E-state index is 11.1. The van der Waals surface area contributed by atoms with Crippen LogP contribution in [-0.2, 0) is 9.53 Å². The molecule has 0 aliphatic rings. The van der Waals surface area contributed by atoms with E-state index < -0.39 is 12.1 Å². The van der Waals surface area contributed by atoms with Crippen LogP contribution in [0.2, 0.25) is 0 Å². The number of nitriles is 1. The largest absolute Gasteiger partial charge is 0.372 e. The number of ether oxygens (including phenoxy) is 1. The van der Waals surface area contributed by atoms with Crippen molar-refractivity contribution in [2.45, 2.75) is 32.4 Å². The minimum Gasteiger partial charge on any atom is -0.372 e. The standard InChI is InChI=1S/C8H14N2O2/c1-4-7(5-9)10-8(11)6(2)12-3/h6-7H,4H2,1-3H3,(H,10,11). The highest BCUT2D eigenvalue weighted by molar-refractivity contribution is 5.80. The molecule has 0 rings (SSSR count). The Bertz CT molecular complexity index is 186. The Hall–Kier alpha value is -1.08. The van der Waals surface area contributed by atoms with E-state index in [1.54, 1.807) is 6.92 Å². The lowest BCUT2D eigenvalue weighted by Crippen LogP contribution is -2.39. The summed E-state index contributed by atoms with van der Waals surface area (Å²) in [5, 5.41) is 11.1. The molecular weight excluding hydrogens is 156 g/mol. The molecular formula is C8H14N2O2. The molecule has 0 radical (unpaired) electrons. The van der Waals surface area contributed by atoms with Crippen molar-refractivity contribution in [1.29, 1.82) is 5.26 Å². The van der Waals surface area contributed by atoms with Crippen LogP contribution in [0.25, 0.3) is 0 Å². The molecule has 4 nitrogen and oxygen atoms in total. The highest BCUT2D eigenvalue weighted by Gasteiger charge is 2.14. The van der Waals surface area contributed by atoms with Gasteiger partial charge in [0, 0.05) is 7.11 Å². The van der Waals surface area contributed by atoms with E-state index >= 15 is 0 Å². The summed E-state index contributed by atoms with van der Waals surface area (Å²) >= 11 is 0. The second-order valence-electron chi connectivity index (χ2n) is 2.48. The summed E-state index contributed by atoms with van der Waals surface area (Å²) < 4.78 is 4.78. The number of amides is 1. The van der Waals surface area contributed by atoms with Crippen LogP contribution in [0, 0.1) is 11.3 Å². The fourth-order valence-corrected chi connectivity index (χ4v) is 0.622.